The Morgan fingerprint density at radius 3 is 1.57 bits per heavy atom. The number of rotatable bonds is 5. The number of aromatic nitrogens is 4. The lowest BCUT2D eigenvalue weighted by Gasteiger charge is -2.10. The predicted octanol–water partition coefficient (Wildman–Crippen LogP) is 10.8. The molecule has 4 nitrogen and oxygen atoms in total. The highest BCUT2D eigenvalue weighted by Crippen LogP contribution is 2.35. The first-order chi connectivity index (χ1) is 22.8. The second-order valence-electron chi connectivity index (χ2n) is 11.4. The highest BCUT2D eigenvalue weighted by atomic mass is 32.1. The molecule has 0 amide bonds. The van der Waals surface area contributed by atoms with Crippen LogP contribution < -0.4 is 0 Å². The van der Waals surface area contributed by atoms with Gasteiger partial charge in [0.15, 0.2) is 10.8 Å². The Hall–Kier alpha value is -5.91. The fraction of sp³-hybridized carbons (Fsp3) is 0. The molecule has 0 saturated heterocycles. The zero-order valence-electron chi connectivity index (χ0n) is 24.7. The lowest BCUT2D eigenvalue weighted by atomic mass is 10.0. The highest BCUT2D eigenvalue weighted by molar-refractivity contribution is 7.23. The first-order valence-electron chi connectivity index (χ1n) is 15.3. The third-order valence-corrected chi connectivity index (χ3v) is 9.50. The maximum Gasteiger partial charge on any atom is 0.195 e. The van der Waals surface area contributed by atoms with Crippen molar-refractivity contribution in [2.75, 3.05) is 0 Å². The van der Waals surface area contributed by atoms with E-state index >= 15 is 0 Å². The van der Waals surface area contributed by atoms with Crippen LogP contribution in [0.1, 0.15) is 0 Å². The van der Waals surface area contributed by atoms with Gasteiger partial charge in [-0.1, -0.05) is 139 Å². The summed E-state index contributed by atoms with van der Waals surface area (Å²) in [4.78, 5) is 15.9. The molecule has 0 bridgehead atoms. The minimum absolute atomic E-state index is 0.717. The lowest BCUT2D eigenvalue weighted by molar-refractivity contribution is 1.18. The second kappa shape index (κ2) is 10.9. The number of hydrogen-bond donors (Lipinski definition) is 0. The summed E-state index contributed by atoms with van der Waals surface area (Å²) in [5, 5.41) is 0. The minimum Gasteiger partial charge on any atom is -0.283 e. The standard InChI is InChI=1S/C41H26N4S/c1-4-10-27(11-5-1)33-21-23-39-38(25-33)45-37-24-32(20-22-34(37)44-41(45)46-39)28-16-18-30(19-17-28)36-26-35(29-12-6-2-7-13-29)42-40(43-36)31-14-8-3-9-15-31/h1-26H. The molecule has 3 aromatic heterocycles. The molecule has 0 N–H and O–H groups in total. The van der Waals surface area contributed by atoms with Crippen molar-refractivity contribution in [1.29, 1.82) is 0 Å². The molecular weight excluding hydrogens is 581 g/mol. The molecule has 0 fully saturated rings. The van der Waals surface area contributed by atoms with E-state index in [0.717, 1.165) is 61.0 Å². The predicted molar refractivity (Wildman–Crippen MR) is 191 cm³/mol. The quantitative estimate of drug-likeness (QED) is 0.196. The van der Waals surface area contributed by atoms with Gasteiger partial charge in [-0.15, -0.1) is 0 Å². The molecule has 46 heavy (non-hydrogen) atoms. The summed E-state index contributed by atoms with van der Waals surface area (Å²) in [6.45, 7) is 0. The van der Waals surface area contributed by atoms with Crippen LogP contribution in [0.2, 0.25) is 0 Å². The van der Waals surface area contributed by atoms with Gasteiger partial charge in [0.1, 0.15) is 0 Å². The average molecular weight is 607 g/mol. The summed E-state index contributed by atoms with van der Waals surface area (Å²) in [6, 6.07) is 55.0. The van der Waals surface area contributed by atoms with E-state index in [1.807, 2.05) is 36.4 Å². The monoisotopic (exact) mass is 606 g/mol. The molecule has 0 spiro atoms. The Kier molecular flexibility index (Phi) is 6.28. The number of benzene rings is 6. The lowest BCUT2D eigenvalue weighted by Crippen LogP contribution is -1.95. The van der Waals surface area contributed by atoms with Gasteiger partial charge in [-0.3, -0.25) is 4.40 Å². The van der Waals surface area contributed by atoms with E-state index in [0.29, 0.717) is 0 Å². The molecule has 9 rings (SSSR count). The van der Waals surface area contributed by atoms with E-state index in [4.69, 9.17) is 15.0 Å². The first kappa shape index (κ1) is 26.5. The van der Waals surface area contributed by atoms with E-state index in [1.54, 1.807) is 11.3 Å². The van der Waals surface area contributed by atoms with Crippen LogP contribution in [-0.4, -0.2) is 19.4 Å². The molecule has 0 saturated carbocycles. The van der Waals surface area contributed by atoms with Crippen molar-refractivity contribution in [3.63, 3.8) is 0 Å². The maximum absolute atomic E-state index is 5.00. The summed E-state index contributed by atoms with van der Waals surface area (Å²) >= 11 is 1.73. The van der Waals surface area contributed by atoms with Crippen LogP contribution in [0.3, 0.4) is 0 Å². The molecule has 0 aliphatic carbocycles. The summed E-state index contributed by atoms with van der Waals surface area (Å²) in [5.74, 6) is 0.717. The zero-order chi connectivity index (χ0) is 30.5. The number of hydrogen-bond acceptors (Lipinski definition) is 4. The van der Waals surface area contributed by atoms with E-state index in [9.17, 15) is 0 Å². The summed E-state index contributed by atoms with van der Waals surface area (Å²) in [7, 11) is 0. The molecule has 5 heteroatoms. The van der Waals surface area contributed by atoms with Gasteiger partial charge in [-0.25, -0.2) is 15.0 Å². The molecule has 0 aliphatic heterocycles. The van der Waals surface area contributed by atoms with Crippen molar-refractivity contribution in [3.8, 4) is 56.2 Å². The normalized spacial score (nSPS) is 11.5. The molecule has 0 radical (unpaired) electrons. The molecule has 6 aromatic carbocycles. The van der Waals surface area contributed by atoms with Crippen LogP contribution in [0.5, 0.6) is 0 Å². The fourth-order valence-electron chi connectivity index (χ4n) is 6.12. The van der Waals surface area contributed by atoms with Gasteiger partial charge in [0, 0.05) is 16.7 Å². The molecule has 0 aliphatic rings. The SMILES string of the molecule is c1ccc(-c2ccc3sc4nc5ccc(-c6ccc(-c7cc(-c8ccccc8)nc(-c8ccccc8)n7)cc6)cc5n4c3c2)cc1. The largest absolute Gasteiger partial charge is 0.283 e. The van der Waals surface area contributed by atoms with Gasteiger partial charge >= 0.3 is 0 Å². The van der Waals surface area contributed by atoms with Crippen molar-refractivity contribution >= 4 is 37.5 Å². The van der Waals surface area contributed by atoms with Crippen molar-refractivity contribution < 1.29 is 0 Å². The Labute approximate surface area is 269 Å². The average Bonchev–Trinajstić information content (AvgIpc) is 3.68. The number of thiazole rings is 1. The third kappa shape index (κ3) is 4.66. The minimum atomic E-state index is 0.717. The number of imidazole rings is 1. The number of fused-ring (bicyclic) bond motifs is 5. The Morgan fingerprint density at radius 2 is 0.891 bits per heavy atom. The highest BCUT2D eigenvalue weighted by Gasteiger charge is 2.15. The summed E-state index contributed by atoms with van der Waals surface area (Å²) < 4.78 is 3.53. The Balaban J connectivity index is 1.12. The molecule has 0 atom stereocenters. The molecule has 216 valence electrons. The van der Waals surface area contributed by atoms with Gasteiger partial charge in [0.05, 0.1) is 32.6 Å². The van der Waals surface area contributed by atoms with Crippen molar-refractivity contribution in [3.05, 3.63) is 158 Å². The topological polar surface area (TPSA) is 43.1 Å². The van der Waals surface area contributed by atoms with Crippen molar-refractivity contribution in [2.24, 2.45) is 0 Å². The van der Waals surface area contributed by atoms with Crippen molar-refractivity contribution in [2.45, 2.75) is 0 Å². The van der Waals surface area contributed by atoms with Crippen LogP contribution in [0.15, 0.2) is 158 Å². The van der Waals surface area contributed by atoms with Gasteiger partial charge < -0.3 is 0 Å². The fourth-order valence-corrected chi connectivity index (χ4v) is 7.14. The van der Waals surface area contributed by atoms with Crippen LogP contribution in [0, 0.1) is 0 Å². The molecule has 3 heterocycles. The van der Waals surface area contributed by atoms with E-state index in [-0.39, 0.29) is 0 Å². The van der Waals surface area contributed by atoms with Crippen LogP contribution in [-0.2, 0) is 0 Å². The van der Waals surface area contributed by atoms with Crippen LogP contribution in [0.25, 0.3) is 82.4 Å². The third-order valence-electron chi connectivity index (χ3n) is 8.47. The van der Waals surface area contributed by atoms with Crippen LogP contribution >= 0.6 is 11.3 Å². The summed E-state index contributed by atoms with van der Waals surface area (Å²) in [5.41, 5.74) is 12.9. The maximum atomic E-state index is 5.00. The van der Waals surface area contributed by atoms with Gasteiger partial charge in [0.25, 0.3) is 0 Å². The first-order valence-corrected chi connectivity index (χ1v) is 16.1. The molecule has 9 aromatic rings. The Morgan fingerprint density at radius 1 is 0.391 bits per heavy atom. The van der Waals surface area contributed by atoms with E-state index in [1.165, 1.54) is 21.3 Å². The Bertz CT molecular complexity index is 2440. The van der Waals surface area contributed by atoms with Gasteiger partial charge in [-0.2, -0.15) is 0 Å². The number of nitrogens with zero attached hydrogens (tertiary/aromatic N) is 4. The second-order valence-corrected chi connectivity index (χ2v) is 12.4. The summed E-state index contributed by atoms with van der Waals surface area (Å²) in [6.07, 6.45) is 0. The molecule has 0 unspecified atom stereocenters. The zero-order valence-corrected chi connectivity index (χ0v) is 25.5. The smallest absolute Gasteiger partial charge is 0.195 e. The van der Waals surface area contributed by atoms with E-state index < -0.39 is 0 Å². The molecular formula is C41H26N4S. The van der Waals surface area contributed by atoms with Crippen LogP contribution in [0.4, 0.5) is 0 Å². The van der Waals surface area contributed by atoms with Crippen molar-refractivity contribution in [1.82, 2.24) is 19.4 Å². The van der Waals surface area contributed by atoms with E-state index in [2.05, 4.69) is 126 Å². The van der Waals surface area contributed by atoms with Gasteiger partial charge in [0.2, 0.25) is 0 Å². The van der Waals surface area contributed by atoms with Gasteiger partial charge in [-0.05, 0) is 52.6 Å².